The number of hydrogen-bond acceptors (Lipinski definition) is 4. The molecule has 3 aliphatic rings. The molecule has 0 spiro atoms. The van der Waals surface area contributed by atoms with E-state index in [1.165, 1.54) is 0 Å². The van der Waals surface area contributed by atoms with Crippen molar-refractivity contribution in [2.24, 2.45) is 11.8 Å². The number of nitrogens with zero attached hydrogens (tertiary/aromatic N) is 4. The van der Waals surface area contributed by atoms with Crippen LogP contribution in [0.3, 0.4) is 0 Å². The molecule has 8 heteroatoms. The Morgan fingerprint density at radius 3 is 2.03 bits per heavy atom. The standard InChI is InChI=1S/C25H44N4O4/c1-19(2)29(24(32)33-25(3,4)5)18-20-9-8-14-28(17-20)22(30)21-10-15-27(16-11-21)23(31)26-12-6-7-13-26/h19-21H,6-18H2,1-5H3. The fraction of sp³-hybridized carbons (Fsp3) is 0.880. The van der Waals surface area contributed by atoms with Gasteiger partial charge in [0.2, 0.25) is 5.91 Å². The fourth-order valence-electron chi connectivity index (χ4n) is 5.19. The number of ether oxygens (including phenoxy) is 1. The number of hydrogen-bond donors (Lipinski definition) is 0. The summed E-state index contributed by atoms with van der Waals surface area (Å²) >= 11 is 0. The van der Waals surface area contributed by atoms with Gasteiger partial charge in [0, 0.05) is 57.8 Å². The van der Waals surface area contributed by atoms with Gasteiger partial charge in [0.25, 0.3) is 0 Å². The minimum Gasteiger partial charge on any atom is -0.444 e. The summed E-state index contributed by atoms with van der Waals surface area (Å²) in [5, 5.41) is 0. The van der Waals surface area contributed by atoms with Crippen molar-refractivity contribution in [2.45, 2.75) is 84.8 Å². The third-order valence-electron chi connectivity index (χ3n) is 7.03. The lowest BCUT2D eigenvalue weighted by molar-refractivity contribution is -0.138. The minimum atomic E-state index is -0.524. The summed E-state index contributed by atoms with van der Waals surface area (Å²) in [4.78, 5) is 46.3. The molecule has 8 nitrogen and oxygen atoms in total. The number of amides is 4. The Labute approximate surface area is 199 Å². The Bertz CT molecular complexity index is 691. The van der Waals surface area contributed by atoms with E-state index in [9.17, 15) is 14.4 Å². The molecule has 3 aliphatic heterocycles. The molecule has 3 heterocycles. The monoisotopic (exact) mass is 464 g/mol. The first-order chi connectivity index (χ1) is 15.5. The Balaban J connectivity index is 1.50. The molecule has 33 heavy (non-hydrogen) atoms. The largest absolute Gasteiger partial charge is 0.444 e. The Morgan fingerprint density at radius 2 is 1.45 bits per heavy atom. The zero-order valence-electron chi connectivity index (χ0n) is 21.3. The van der Waals surface area contributed by atoms with E-state index in [1.807, 2.05) is 49.3 Å². The van der Waals surface area contributed by atoms with Gasteiger partial charge in [-0.25, -0.2) is 9.59 Å². The van der Waals surface area contributed by atoms with Crippen LogP contribution in [0.5, 0.6) is 0 Å². The first-order valence-corrected chi connectivity index (χ1v) is 12.9. The molecule has 0 bridgehead atoms. The predicted octanol–water partition coefficient (Wildman–Crippen LogP) is 3.80. The third kappa shape index (κ3) is 7.00. The highest BCUT2D eigenvalue weighted by Gasteiger charge is 2.35. The molecule has 3 rings (SSSR count). The summed E-state index contributed by atoms with van der Waals surface area (Å²) in [5.41, 5.74) is -0.524. The smallest absolute Gasteiger partial charge is 0.410 e. The minimum absolute atomic E-state index is 0.00145. The van der Waals surface area contributed by atoms with Gasteiger partial charge in [-0.2, -0.15) is 0 Å². The summed E-state index contributed by atoms with van der Waals surface area (Å²) in [6.07, 6.45) is 5.38. The fourth-order valence-corrected chi connectivity index (χ4v) is 5.19. The zero-order chi connectivity index (χ0) is 24.2. The SMILES string of the molecule is CC(C)N(CC1CCCN(C(=O)C2CCN(C(=O)N3CCCC3)CC2)C1)C(=O)OC(C)(C)C. The van der Waals surface area contributed by atoms with Crippen molar-refractivity contribution in [3.05, 3.63) is 0 Å². The van der Waals surface area contributed by atoms with E-state index in [4.69, 9.17) is 4.74 Å². The topological polar surface area (TPSA) is 73.4 Å². The van der Waals surface area contributed by atoms with Crippen LogP contribution in [0.1, 0.15) is 73.1 Å². The quantitative estimate of drug-likeness (QED) is 0.634. The molecule has 0 aliphatic carbocycles. The van der Waals surface area contributed by atoms with Crippen LogP contribution in [0.25, 0.3) is 0 Å². The van der Waals surface area contributed by atoms with Crippen molar-refractivity contribution in [3.8, 4) is 0 Å². The second kappa shape index (κ2) is 11.0. The third-order valence-corrected chi connectivity index (χ3v) is 7.03. The number of carbonyl (C=O) groups is 3. The average Bonchev–Trinajstić information content (AvgIpc) is 3.30. The normalized spacial score (nSPS) is 22.6. The molecule has 4 amide bonds. The lowest BCUT2D eigenvalue weighted by Crippen LogP contribution is -2.51. The van der Waals surface area contributed by atoms with E-state index in [-0.39, 0.29) is 35.9 Å². The van der Waals surface area contributed by atoms with Crippen LogP contribution in [0.15, 0.2) is 0 Å². The van der Waals surface area contributed by atoms with Gasteiger partial charge in [-0.3, -0.25) is 4.79 Å². The molecule has 1 unspecified atom stereocenters. The summed E-state index contributed by atoms with van der Waals surface area (Å²) in [6.45, 7) is 14.8. The lowest BCUT2D eigenvalue weighted by Gasteiger charge is -2.40. The van der Waals surface area contributed by atoms with Crippen LogP contribution >= 0.6 is 0 Å². The molecule has 0 aromatic rings. The van der Waals surface area contributed by atoms with E-state index in [0.717, 1.165) is 58.2 Å². The van der Waals surface area contributed by atoms with Crippen molar-refractivity contribution in [1.82, 2.24) is 19.6 Å². The van der Waals surface area contributed by atoms with E-state index in [1.54, 1.807) is 4.90 Å². The van der Waals surface area contributed by atoms with Gasteiger partial charge in [-0.15, -0.1) is 0 Å². The molecule has 0 N–H and O–H groups in total. The second-order valence-electron chi connectivity index (χ2n) is 11.3. The molecule has 0 aromatic heterocycles. The van der Waals surface area contributed by atoms with Gasteiger partial charge in [-0.05, 0) is 79.1 Å². The van der Waals surface area contributed by atoms with Gasteiger partial charge in [0.05, 0.1) is 0 Å². The Kier molecular flexibility index (Phi) is 8.51. The van der Waals surface area contributed by atoms with Crippen LogP contribution in [-0.2, 0) is 9.53 Å². The number of carbonyl (C=O) groups excluding carboxylic acids is 3. The highest BCUT2D eigenvalue weighted by Crippen LogP contribution is 2.26. The summed E-state index contributed by atoms with van der Waals surface area (Å²) < 4.78 is 5.61. The number of urea groups is 1. The Morgan fingerprint density at radius 1 is 0.879 bits per heavy atom. The maximum atomic E-state index is 13.3. The van der Waals surface area contributed by atoms with Crippen LogP contribution in [0.2, 0.25) is 0 Å². The van der Waals surface area contributed by atoms with E-state index >= 15 is 0 Å². The lowest BCUT2D eigenvalue weighted by atomic mass is 9.92. The molecular weight excluding hydrogens is 420 g/mol. The van der Waals surface area contributed by atoms with Gasteiger partial charge in [0.1, 0.15) is 5.60 Å². The molecular formula is C25H44N4O4. The van der Waals surface area contributed by atoms with Crippen LogP contribution in [-0.4, -0.2) is 95.1 Å². The van der Waals surface area contributed by atoms with Crippen LogP contribution in [0.4, 0.5) is 9.59 Å². The molecule has 188 valence electrons. The average molecular weight is 465 g/mol. The molecule has 0 saturated carbocycles. The Hall–Kier alpha value is -1.99. The van der Waals surface area contributed by atoms with E-state index in [2.05, 4.69) is 0 Å². The molecule has 0 radical (unpaired) electrons. The highest BCUT2D eigenvalue weighted by atomic mass is 16.6. The zero-order valence-corrected chi connectivity index (χ0v) is 21.3. The van der Waals surface area contributed by atoms with Gasteiger partial charge in [0.15, 0.2) is 0 Å². The molecule has 1 atom stereocenters. The van der Waals surface area contributed by atoms with Crippen molar-refractivity contribution in [2.75, 3.05) is 45.8 Å². The van der Waals surface area contributed by atoms with E-state index in [0.29, 0.717) is 26.2 Å². The van der Waals surface area contributed by atoms with Crippen LogP contribution in [0, 0.1) is 11.8 Å². The molecule has 3 saturated heterocycles. The number of rotatable bonds is 4. The maximum Gasteiger partial charge on any atom is 0.410 e. The predicted molar refractivity (Wildman–Crippen MR) is 128 cm³/mol. The summed E-state index contributed by atoms with van der Waals surface area (Å²) in [6, 6.07) is 0.191. The number of piperidine rings is 2. The summed E-state index contributed by atoms with van der Waals surface area (Å²) in [7, 11) is 0. The molecule has 0 aromatic carbocycles. The maximum absolute atomic E-state index is 13.3. The second-order valence-corrected chi connectivity index (χ2v) is 11.3. The van der Waals surface area contributed by atoms with Crippen molar-refractivity contribution in [3.63, 3.8) is 0 Å². The van der Waals surface area contributed by atoms with Gasteiger partial charge in [-0.1, -0.05) is 0 Å². The first-order valence-electron chi connectivity index (χ1n) is 12.9. The van der Waals surface area contributed by atoms with E-state index < -0.39 is 5.60 Å². The van der Waals surface area contributed by atoms with Crippen LogP contribution < -0.4 is 0 Å². The van der Waals surface area contributed by atoms with Crippen molar-refractivity contribution >= 4 is 18.0 Å². The first kappa shape index (κ1) is 25.6. The van der Waals surface area contributed by atoms with Crippen molar-refractivity contribution < 1.29 is 19.1 Å². The van der Waals surface area contributed by atoms with Crippen molar-refractivity contribution in [1.29, 1.82) is 0 Å². The summed E-state index contributed by atoms with van der Waals surface area (Å²) in [5.74, 6) is 0.481. The number of likely N-dealkylation sites (tertiary alicyclic amines) is 3. The van der Waals surface area contributed by atoms with Gasteiger partial charge < -0.3 is 24.3 Å². The molecule has 3 fully saturated rings. The highest BCUT2D eigenvalue weighted by molar-refractivity contribution is 5.80. The van der Waals surface area contributed by atoms with Gasteiger partial charge >= 0.3 is 12.1 Å².